The van der Waals surface area contributed by atoms with Crippen molar-refractivity contribution in [1.82, 2.24) is 4.72 Å². The zero-order valence-corrected chi connectivity index (χ0v) is 9.85. The highest BCUT2D eigenvalue weighted by atomic mass is 32.2. The molecule has 0 spiro atoms. The smallest absolute Gasteiger partial charge is 0.320 e. The van der Waals surface area contributed by atoms with E-state index in [9.17, 15) is 13.2 Å². The van der Waals surface area contributed by atoms with E-state index in [1.54, 1.807) is 18.2 Å². The van der Waals surface area contributed by atoms with Crippen molar-refractivity contribution in [2.45, 2.75) is 17.4 Å². The van der Waals surface area contributed by atoms with Crippen molar-refractivity contribution in [2.75, 3.05) is 6.54 Å². The summed E-state index contributed by atoms with van der Waals surface area (Å²) in [4.78, 5) is 10.6. The maximum absolute atomic E-state index is 11.7. The molecule has 0 aromatic heterocycles. The van der Waals surface area contributed by atoms with Gasteiger partial charge in [-0.25, -0.2) is 13.1 Å². The first-order valence-corrected chi connectivity index (χ1v) is 6.45. The minimum Gasteiger partial charge on any atom is -0.480 e. The first kappa shape index (κ1) is 13.6. The molecule has 1 rings (SSSR count). The standard InChI is InChI=1S/C10H14N2O4S/c11-9(10(13)14)6-7-12-17(15,16)8-4-2-1-3-5-8/h1-5,9,12H,6-7,11H2,(H,13,14). The number of benzene rings is 1. The van der Waals surface area contributed by atoms with Gasteiger partial charge in [-0.3, -0.25) is 4.79 Å². The highest BCUT2D eigenvalue weighted by Crippen LogP contribution is 2.06. The number of hydrogen-bond acceptors (Lipinski definition) is 4. The van der Waals surface area contributed by atoms with Gasteiger partial charge in [0.15, 0.2) is 0 Å². The van der Waals surface area contributed by atoms with Crippen LogP contribution < -0.4 is 10.5 Å². The summed E-state index contributed by atoms with van der Waals surface area (Å²) in [5, 5.41) is 8.53. The molecule has 0 aliphatic carbocycles. The third-order valence-corrected chi connectivity index (χ3v) is 3.60. The van der Waals surface area contributed by atoms with Crippen LogP contribution in [0.3, 0.4) is 0 Å². The van der Waals surface area contributed by atoms with Crippen LogP contribution in [0.1, 0.15) is 6.42 Å². The Labute approximate surface area is 99.5 Å². The second-order valence-corrected chi connectivity index (χ2v) is 5.21. The molecule has 4 N–H and O–H groups in total. The Morgan fingerprint density at radius 3 is 2.47 bits per heavy atom. The molecule has 0 radical (unpaired) electrons. The van der Waals surface area contributed by atoms with Crippen molar-refractivity contribution in [3.8, 4) is 0 Å². The van der Waals surface area contributed by atoms with Gasteiger partial charge in [0.05, 0.1) is 4.90 Å². The fourth-order valence-electron chi connectivity index (χ4n) is 1.16. The zero-order chi connectivity index (χ0) is 12.9. The zero-order valence-electron chi connectivity index (χ0n) is 9.04. The molecule has 7 heteroatoms. The lowest BCUT2D eigenvalue weighted by Crippen LogP contribution is -2.35. The van der Waals surface area contributed by atoms with Crippen molar-refractivity contribution >= 4 is 16.0 Å². The number of carboxylic acid groups (broad SMARTS) is 1. The fraction of sp³-hybridized carbons (Fsp3) is 0.300. The van der Waals surface area contributed by atoms with Crippen LogP contribution in [0.4, 0.5) is 0 Å². The molecule has 6 nitrogen and oxygen atoms in total. The molecular formula is C10H14N2O4S. The van der Waals surface area contributed by atoms with E-state index >= 15 is 0 Å². The Balaban J connectivity index is 2.55. The number of nitrogens with two attached hydrogens (primary N) is 1. The first-order valence-electron chi connectivity index (χ1n) is 4.96. The molecule has 0 heterocycles. The number of carboxylic acids is 1. The maximum atomic E-state index is 11.7. The van der Waals surface area contributed by atoms with Crippen LogP contribution in [0, 0.1) is 0 Å². The van der Waals surface area contributed by atoms with Gasteiger partial charge in [0.2, 0.25) is 10.0 Å². The Morgan fingerprint density at radius 2 is 1.94 bits per heavy atom. The van der Waals surface area contributed by atoms with Crippen LogP contribution >= 0.6 is 0 Å². The van der Waals surface area contributed by atoms with Gasteiger partial charge >= 0.3 is 5.97 Å². The number of hydrogen-bond donors (Lipinski definition) is 3. The average molecular weight is 258 g/mol. The summed E-state index contributed by atoms with van der Waals surface area (Å²) in [6.45, 7) is -0.00923. The molecule has 17 heavy (non-hydrogen) atoms. The number of nitrogens with one attached hydrogen (secondary N) is 1. The molecule has 1 unspecified atom stereocenters. The molecular weight excluding hydrogens is 244 g/mol. The first-order chi connectivity index (χ1) is 7.93. The monoisotopic (exact) mass is 258 g/mol. The predicted octanol–water partition coefficient (Wildman–Crippen LogP) is -0.233. The molecule has 0 saturated heterocycles. The van der Waals surface area contributed by atoms with Crippen molar-refractivity contribution in [3.05, 3.63) is 30.3 Å². The van der Waals surface area contributed by atoms with Gasteiger partial charge in [-0.15, -0.1) is 0 Å². The number of sulfonamides is 1. The van der Waals surface area contributed by atoms with E-state index in [-0.39, 0.29) is 17.9 Å². The summed E-state index contributed by atoms with van der Waals surface area (Å²) in [5.41, 5.74) is 5.25. The van der Waals surface area contributed by atoms with Crippen LogP contribution in [0.5, 0.6) is 0 Å². The normalized spacial score (nSPS) is 13.2. The van der Waals surface area contributed by atoms with Crippen molar-refractivity contribution in [3.63, 3.8) is 0 Å². The summed E-state index contributed by atoms with van der Waals surface area (Å²) in [5.74, 6) is -1.15. The van der Waals surface area contributed by atoms with E-state index in [0.717, 1.165) is 0 Å². The van der Waals surface area contributed by atoms with Crippen LogP contribution in [-0.2, 0) is 14.8 Å². The highest BCUT2D eigenvalue weighted by Gasteiger charge is 2.15. The van der Waals surface area contributed by atoms with Gasteiger partial charge in [0.25, 0.3) is 0 Å². The quantitative estimate of drug-likeness (QED) is 0.652. The van der Waals surface area contributed by atoms with Crippen molar-refractivity contribution in [2.24, 2.45) is 5.73 Å². The second kappa shape index (κ2) is 5.76. The predicted molar refractivity (Wildman–Crippen MR) is 61.9 cm³/mol. The van der Waals surface area contributed by atoms with E-state index < -0.39 is 22.0 Å². The lowest BCUT2D eigenvalue weighted by molar-refractivity contribution is -0.138. The Bertz CT molecular complexity index is 472. The third-order valence-electron chi connectivity index (χ3n) is 2.12. The molecule has 1 aromatic carbocycles. The van der Waals surface area contributed by atoms with Gasteiger partial charge in [0.1, 0.15) is 6.04 Å². The largest absolute Gasteiger partial charge is 0.480 e. The maximum Gasteiger partial charge on any atom is 0.320 e. The summed E-state index contributed by atoms with van der Waals surface area (Å²) in [6, 6.07) is 6.78. The number of aliphatic carboxylic acids is 1. The number of carbonyl (C=O) groups is 1. The molecule has 1 aromatic rings. The van der Waals surface area contributed by atoms with Crippen LogP contribution in [0.15, 0.2) is 35.2 Å². The SMILES string of the molecule is NC(CCNS(=O)(=O)c1ccccc1)C(=O)O. The van der Waals surface area contributed by atoms with Crippen molar-refractivity contribution < 1.29 is 18.3 Å². The molecule has 94 valence electrons. The van der Waals surface area contributed by atoms with Crippen LogP contribution in [-0.4, -0.2) is 32.1 Å². The van der Waals surface area contributed by atoms with Gasteiger partial charge in [-0.1, -0.05) is 18.2 Å². The van der Waals surface area contributed by atoms with E-state index in [1.165, 1.54) is 12.1 Å². The minimum absolute atomic E-state index is 0.00923. The van der Waals surface area contributed by atoms with E-state index in [1.807, 2.05) is 0 Å². The fourth-order valence-corrected chi connectivity index (χ4v) is 2.22. The average Bonchev–Trinajstić information content (AvgIpc) is 2.29. The summed E-state index contributed by atoms with van der Waals surface area (Å²) in [6.07, 6.45) is 0.0431. The Kier molecular flexibility index (Phi) is 4.62. The summed E-state index contributed by atoms with van der Waals surface area (Å²) in [7, 11) is -3.58. The van der Waals surface area contributed by atoms with Gasteiger partial charge < -0.3 is 10.8 Å². The topological polar surface area (TPSA) is 109 Å². The molecule has 0 aliphatic rings. The van der Waals surface area contributed by atoms with E-state index in [4.69, 9.17) is 10.8 Å². The van der Waals surface area contributed by atoms with Crippen LogP contribution in [0.25, 0.3) is 0 Å². The summed E-state index contributed by atoms with van der Waals surface area (Å²) < 4.78 is 25.7. The van der Waals surface area contributed by atoms with Crippen molar-refractivity contribution in [1.29, 1.82) is 0 Å². The molecule has 0 aliphatic heterocycles. The molecule has 0 saturated carbocycles. The number of rotatable bonds is 6. The van der Waals surface area contributed by atoms with Crippen LogP contribution in [0.2, 0.25) is 0 Å². The van der Waals surface area contributed by atoms with Gasteiger partial charge in [-0.05, 0) is 18.6 Å². The molecule has 1 atom stereocenters. The Hall–Kier alpha value is -1.44. The van der Waals surface area contributed by atoms with E-state index in [0.29, 0.717) is 0 Å². The summed E-state index contributed by atoms with van der Waals surface area (Å²) >= 11 is 0. The lowest BCUT2D eigenvalue weighted by Gasteiger charge is -2.08. The third kappa shape index (κ3) is 4.14. The van der Waals surface area contributed by atoms with Gasteiger partial charge in [0, 0.05) is 6.54 Å². The molecule has 0 bridgehead atoms. The Morgan fingerprint density at radius 1 is 1.35 bits per heavy atom. The molecule has 0 amide bonds. The minimum atomic E-state index is -3.58. The van der Waals surface area contributed by atoms with Gasteiger partial charge in [-0.2, -0.15) is 0 Å². The second-order valence-electron chi connectivity index (χ2n) is 3.44. The van der Waals surface area contributed by atoms with E-state index in [2.05, 4.69) is 4.72 Å². The lowest BCUT2D eigenvalue weighted by atomic mass is 10.2. The molecule has 0 fully saturated rings. The highest BCUT2D eigenvalue weighted by molar-refractivity contribution is 7.89.